The Bertz CT molecular complexity index is 627. The lowest BCUT2D eigenvalue weighted by Crippen LogP contribution is -2.15. The summed E-state index contributed by atoms with van der Waals surface area (Å²) in [7, 11) is 0.792. The zero-order valence-corrected chi connectivity index (χ0v) is 13.5. The third-order valence-corrected chi connectivity index (χ3v) is 4.35. The van der Waals surface area contributed by atoms with Crippen molar-refractivity contribution in [2.24, 2.45) is 0 Å². The third-order valence-electron chi connectivity index (χ3n) is 3.20. The lowest BCUT2D eigenvalue weighted by atomic mass is 10.2. The standard InChI is InChI=1S/C14H19ClN2O2S/c1-10(9-20(3)18)17-13-5-4-11(19-2)8-12(13)16-14(17)6-7-15/h4-5,8,10H,6-7,9H2,1-3H3. The van der Waals surface area contributed by atoms with Gasteiger partial charge in [-0.1, -0.05) is 0 Å². The number of imidazole rings is 1. The zero-order valence-electron chi connectivity index (χ0n) is 11.9. The Morgan fingerprint density at radius 1 is 1.50 bits per heavy atom. The summed E-state index contributed by atoms with van der Waals surface area (Å²) >= 11 is 5.87. The number of aryl methyl sites for hydroxylation is 1. The molecule has 6 heteroatoms. The van der Waals surface area contributed by atoms with Gasteiger partial charge in [0.15, 0.2) is 0 Å². The molecule has 0 fully saturated rings. The minimum absolute atomic E-state index is 0.123. The van der Waals surface area contributed by atoms with Gasteiger partial charge in [-0.2, -0.15) is 0 Å². The number of nitrogens with zero attached hydrogens (tertiary/aromatic N) is 2. The summed E-state index contributed by atoms with van der Waals surface area (Å²) in [4.78, 5) is 4.64. The number of benzene rings is 1. The maximum Gasteiger partial charge on any atom is 0.121 e. The highest BCUT2D eigenvalue weighted by atomic mass is 35.5. The molecule has 0 spiro atoms. The van der Waals surface area contributed by atoms with Crippen molar-refractivity contribution in [1.29, 1.82) is 0 Å². The molecule has 0 aliphatic rings. The maximum absolute atomic E-state index is 11.5. The first kappa shape index (κ1) is 15.3. The second kappa shape index (κ2) is 6.59. The van der Waals surface area contributed by atoms with Crippen LogP contribution in [0.5, 0.6) is 5.75 Å². The van der Waals surface area contributed by atoms with Crippen molar-refractivity contribution in [3.8, 4) is 5.75 Å². The van der Waals surface area contributed by atoms with E-state index in [0.29, 0.717) is 18.1 Å². The third kappa shape index (κ3) is 3.15. The number of aromatic nitrogens is 2. The minimum atomic E-state index is -0.848. The van der Waals surface area contributed by atoms with Gasteiger partial charge < -0.3 is 9.30 Å². The van der Waals surface area contributed by atoms with E-state index in [1.54, 1.807) is 13.4 Å². The topological polar surface area (TPSA) is 44.1 Å². The highest BCUT2D eigenvalue weighted by Crippen LogP contribution is 2.25. The second-order valence-corrected chi connectivity index (χ2v) is 6.64. The number of hydrogen-bond acceptors (Lipinski definition) is 3. The summed E-state index contributed by atoms with van der Waals surface area (Å²) in [6.45, 7) is 2.06. The Morgan fingerprint density at radius 3 is 2.85 bits per heavy atom. The SMILES string of the molecule is COc1ccc2c(c1)nc(CCCl)n2C(C)CS(C)=O. The van der Waals surface area contributed by atoms with E-state index in [2.05, 4.69) is 16.5 Å². The molecule has 1 aromatic carbocycles. The zero-order chi connectivity index (χ0) is 14.7. The summed E-state index contributed by atoms with van der Waals surface area (Å²) in [6, 6.07) is 5.95. The molecule has 4 nitrogen and oxygen atoms in total. The van der Waals surface area contributed by atoms with Crippen molar-refractivity contribution in [2.45, 2.75) is 19.4 Å². The first-order valence-corrected chi connectivity index (χ1v) is 8.73. The molecule has 0 aliphatic heterocycles. The van der Waals surface area contributed by atoms with Crippen LogP contribution in [0.2, 0.25) is 0 Å². The number of fused-ring (bicyclic) bond motifs is 1. The summed E-state index contributed by atoms with van der Waals surface area (Å²) in [5, 5.41) is 0. The first-order valence-electron chi connectivity index (χ1n) is 6.47. The van der Waals surface area contributed by atoms with Gasteiger partial charge in [0.1, 0.15) is 11.6 Å². The fraction of sp³-hybridized carbons (Fsp3) is 0.500. The fourth-order valence-electron chi connectivity index (χ4n) is 2.42. The van der Waals surface area contributed by atoms with Gasteiger partial charge in [-0.3, -0.25) is 4.21 Å². The van der Waals surface area contributed by atoms with Crippen LogP contribution in [0.4, 0.5) is 0 Å². The summed E-state index contributed by atoms with van der Waals surface area (Å²) in [5.74, 6) is 2.84. The molecule has 2 atom stereocenters. The molecule has 0 saturated carbocycles. The number of ether oxygens (including phenoxy) is 1. The number of rotatable bonds is 6. The van der Waals surface area contributed by atoms with Gasteiger partial charge in [0, 0.05) is 47.2 Å². The summed E-state index contributed by atoms with van der Waals surface area (Å²) in [6.07, 6.45) is 2.42. The van der Waals surface area contributed by atoms with E-state index in [0.717, 1.165) is 22.6 Å². The summed E-state index contributed by atoms with van der Waals surface area (Å²) in [5.41, 5.74) is 1.92. The predicted molar refractivity (Wildman–Crippen MR) is 84.4 cm³/mol. The van der Waals surface area contributed by atoms with Gasteiger partial charge in [-0.15, -0.1) is 11.6 Å². The number of halogens is 1. The number of methoxy groups -OCH3 is 1. The Hall–Kier alpha value is -1.07. The van der Waals surface area contributed by atoms with Crippen LogP contribution < -0.4 is 4.74 Å². The molecule has 0 amide bonds. The smallest absolute Gasteiger partial charge is 0.121 e. The monoisotopic (exact) mass is 314 g/mol. The quantitative estimate of drug-likeness (QED) is 0.770. The maximum atomic E-state index is 11.5. The van der Waals surface area contributed by atoms with Gasteiger partial charge in [-0.05, 0) is 19.1 Å². The van der Waals surface area contributed by atoms with Crippen LogP contribution >= 0.6 is 11.6 Å². The molecule has 110 valence electrons. The molecule has 1 heterocycles. The van der Waals surface area contributed by atoms with Crippen LogP contribution in [0, 0.1) is 0 Å². The Balaban J connectivity index is 2.53. The molecule has 0 radical (unpaired) electrons. The highest BCUT2D eigenvalue weighted by molar-refractivity contribution is 7.84. The largest absolute Gasteiger partial charge is 0.497 e. The van der Waals surface area contributed by atoms with Gasteiger partial charge in [-0.25, -0.2) is 4.98 Å². The Labute approximate surface area is 126 Å². The van der Waals surface area contributed by atoms with Crippen molar-refractivity contribution in [3.05, 3.63) is 24.0 Å². The van der Waals surface area contributed by atoms with Crippen LogP contribution in [-0.4, -0.2) is 38.8 Å². The van der Waals surface area contributed by atoms with Crippen LogP contribution in [0.1, 0.15) is 18.8 Å². The molecular formula is C14H19ClN2O2S. The van der Waals surface area contributed by atoms with E-state index in [-0.39, 0.29) is 6.04 Å². The molecule has 2 aromatic rings. The van der Waals surface area contributed by atoms with Crippen LogP contribution in [0.15, 0.2) is 18.2 Å². The second-order valence-electron chi connectivity index (χ2n) is 4.78. The van der Waals surface area contributed by atoms with E-state index in [4.69, 9.17) is 16.3 Å². The normalized spacial score (nSPS) is 14.4. The molecule has 20 heavy (non-hydrogen) atoms. The average molecular weight is 315 g/mol. The fourth-order valence-corrected chi connectivity index (χ4v) is 3.42. The minimum Gasteiger partial charge on any atom is -0.497 e. The van der Waals surface area contributed by atoms with Crippen LogP contribution in [0.3, 0.4) is 0 Å². The molecular weight excluding hydrogens is 296 g/mol. The van der Waals surface area contributed by atoms with Crippen molar-refractivity contribution in [1.82, 2.24) is 9.55 Å². The molecule has 0 aliphatic carbocycles. The van der Waals surface area contributed by atoms with E-state index < -0.39 is 10.8 Å². The number of hydrogen-bond donors (Lipinski definition) is 0. The average Bonchev–Trinajstić information content (AvgIpc) is 2.75. The van der Waals surface area contributed by atoms with Crippen molar-refractivity contribution < 1.29 is 8.95 Å². The Morgan fingerprint density at radius 2 is 2.25 bits per heavy atom. The molecule has 0 bridgehead atoms. The van der Waals surface area contributed by atoms with Gasteiger partial charge in [0.05, 0.1) is 18.1 Å². The van der Waals surface area contributed by atoms with Gasteiger partial charge in [0.25, 0.3) is 0 Å². The molecule has 1 aromatic heterocycles. The van der Waals surface area contributed by atoms with Crippen molar-refractivity contribution >= 4 is 33.4 Å². The summed E-state index contributed by atoms with van der Waals surface area (Å²) < 4.78 is 18.9. The molecule has 0 N–H and O–H groups in total. The van der Waals surface area contributed by atoms with E-state index in [9.17, 15) is 4.21 Å². The lowest BCUT2D eigenvalue weighted by Gasteiger charge is -2.16. The molecule has 2 rings (SSSR count). The molecule has 0 saturated heterocycles. The van der Waals surface area contributed by atoms with E-state index >= 15 is 0 Å². The lowest BCUT2D eigenvalue weighted by molar-refractivity contribution is 0.415. The first-order chi connectivity index (χ1) is 9.56. The van der Waals surface area contributed by atoms with Gasteiger partial charge >= 0.3 is 0 Å². The van der Waals surface area contributed by atoms with Crippen LogP contribution in [0.25, 0.3) is 11.0 Å². The van der Waals surface area contributed by atoms with Crippen LogP contribution in [-0.2, 0) is 17.2 Å². The highest BCUT2D eigenvalue weighted by Gasteiger charge is 2.17. The number of alkyl halides is 1. The predicted octanol–water partition coefficient (Wildman–Crippen LogP) is 2.77. The van der Waals surface area contributed by atoms with Crippen molar-refractivity contribution in [2.75, 3.05) is 25.0 Å². The van der Waals surface area contributed by atoms with E-state index in [1.807, 2.05) is 18.2 Å². The van der Waals surface area contributed by atoms with Crippen molar-refractivity contribution in [3.63, 3.8) is 0 Å². The van der Waals surface area contributed by atoms with Gasteiger partial charge in [0.2, 0.25) is 0 Å². The Kier molecular flexibility index (Phi) is 5.05. The van der Waals surface area contributed by atoms with E-state index in [1.165, 1.54) is 0 Å². The molecule has 2 unspecified atom stereocenters.